The van der Waals surface area contributed by atoms with Crippen molar-refractivity contribution in [1.82, 2.24) is 5.32 Å². The number of aliphatic hydroxyl groups is 1. The summed E-state index contributed by atoms with van der Waals surface area (Å²) < 4.78 is 0. The van der Waals surface area contributed by atoms with Crippen molar-refractivity contribution in [3.05, 3.63) is 0 Å². The zero-order valence-electron chi connectivity index (χ0n) is 9.46. The summed E-state index contributed by atoms with van der Waals surface area (Å²) in [6, 6.07) is 2.14. The van der Waals surface area contributed by atoms with E-state index in [-0.39, 0.29) is 17.9 Å². The Labute approximate surface area is 95.6 Å². The van der Waals surface area contributed by atoms with Crippen LogP contribution in [-0.4, -0.2) is 24.2 Å². The highest BCUT2D eigenvalue weighted by Gasteiger charge is 2.47. The van der Waals surface area contributed by atoms with Crippen LogP contribution < -0.4 is 5.32 Å². The molecule has 88 valence electrons. The van der Waals surface area contributed by atoms with Crippen LogP contribution in [0, 0.1) is 22.2 Å². The summed E-state index contributed by atoms with van der Waals surface area (Å²) in [5, 5.41) is 20.8. The molecule has 0 aromatic carbocycles. The number of nitrogens with one attached hydrogen (secondary N) is 1. The van der Waals surface area contributed by atoms with E-state index in [9.17, 15) is 4.79 Å². The summed E-state index contributed by atoms with van der Waals surface area (Å²) in [5.41, 5.74) is -0.611. The Morgan fingerprint density at radius 2 is 2.06 bits per heavy atom. The lowest BCUT2D eigenvalue weighted by Crippen LogP contribution is -2.46. The Morgan fingerprint density at radius 1 is 1.38 bits per heavy atom. The van der Waals surface area contributed by atoms with E-state index >= 15 is 0 Å². The average molecular weight is 222 g/mol. The van der Waals surface area contributed by atoms with Gasteiger partial charge in [-0.25, -0.2) is 0 Å². The first kappa shape index (κ1) is 11.4. The molecule has 0 aromatic heterocycles. The van der Waals surface area contributed by atoms with Crippen molar-refractivity contribution >= 4 is 5.91 Å². The molecule has 2 saturated carbocycles. The van der Waals surface area contributed by atoms with Crippen molar-refractivity contribution in [3.63, 3.8) is 0 Å². The van der Waals surface area contributed by atoms with Gasteiger partial charge < -0.3 is 10.4 Å². The SMILES string of the molecule is N#CC1(C(=O)NCC2(CCO)CC2)CCC1. The lowest BCUT2D eigenvalue weighted by atomic mass is 9.69. The largest absolute Gasteiger partial charge is 0.396 e. The van der Waals surface area contributed by atoms with Crippen LogP contribution in [-0.2, 0) is 4.79 Å². The summed E-state index contributed by atoms with van der Waals surface area (Å²) in [6.07, 6.45) is 5.28. The quantitative estimate of drug-likeness (QED) is 0.727. The number of nitrogens with zero attached hydrogens (tertiary/aromatic N) is 1. The van der Waals surface area contributed by atoms with E-state index in [2.05, 4.69) is 11.4 Å². The van der Waals surface area contributed by atoms with Gasteiger partial charge in [0.1, 0.15) is 5.41 Å². The predicted octanol–water partition coefficient (Wildman–Crippen LogP) is 0.959. The first-order valence-electron chi connectivity index (χ1n) is 5.97. The Morgan fingerprint density at radius 3 is 2.44 bits per heavy atom. The molecule has 0 atom stereocenters. The van der Waals surface area contributed by atoms with E-state index < -0.39 is 5.41 Å². The second kappa shape index (κ2) is 4.06. The molecule has 0 spiro atoms. The molecule has 0 radical (unpaired) electrons. The van der Waals surface area contributed by atoms with Gasteiger partial charge in [-0.15, -0.1) is 0 Å². The van der Waals surface area contributed by atoms with Crippen LogP contribution in [0.25, 0.3) is 0 Å². The van der Waals surface area contributed by atoms with Gasteiger partial charge in [-0.3, -0.25) is 4.79 Å². The highest BCUT2D eigenvalue weighted by Crippen LogP contribution is 2.48. The molecule has 2 aliphatic rings. The molecule has 16 heavy (non-hydrogen) atoms. The van der Waals surface area contributed by atoms with Gasteiger partial charge in [0.2, 0.25) is 5.91 Å². The van der Waals surface area contributed by atoms with Crippen LogP contribution in [0.2, 0.25) is 0 Å². The Kier molecular flexibility index (Phi) is 2.90. The molecule has 2 rings (SSSR count). The standard InChI is InChI=1S/C12H18N2O2/c13-8-12(2-1-3-12)10(16)14-9-11(4-5-11)6-7-15/h15H,1-7,9H2,(H,14,16). The summed E-state index contributed by atoms with van der Waals surface area (Å²) in [7, 11) is 0. The maximum atomic E-state index is 11.9. The third-order valence-electron chi connectivity index (χ3n) is 4.08. The van der Waals surface area contributed by atoms with Gasteiger partial charge in [0.15, 0.2) is 0 Å². The van der Waals surface area contributed by atoms with Crippen molar-refractivity contribution in [2.24, 2.45) is 10.8 Å². The maximum Gasteiger partial charge on any atom is 0.240 e. The fourth-order valence-electron chi connectivity index (χ4n) is 2.29. The Hall–Kier alpha value is -1.08. The van der Waals surface area contributed by atoms with E-state index in [1.54, 1.807) is 0 Å². The van der Waals surface area contributed by atoms with Crippen LogP contribution in [0.5, 0.6) is 0 Å². The topological polar surface area (TPSA) is 73.1 Å². The van der Waals surface area contributed by atoms with Gasteiger partial charge in [0, 0.05) is 13.2 Å². The molecule has 0 heterocycles. The molecule has 1 amide bonds. The summed E-state index contributed by atoms with van der Waals surface area (Å²) in [6.45, 7) is 0.801. The third-order valence-corrected chi connectivity index (χ3v) is 4.08. The highest BCUT2D eigenvalue weighted by atomic mass is 16.3. The minimum Gasteiger partial charge on any atom is -0.396 e. The van der Waals surface area contributed by atoms with Crippen LogP contribution in [0.1, 0.15) is 38.5 Å². The molecule has 0 aliphatic heterocycles. The first-order chi connectivity index (χ1) is 7.66. The molecule has 2 fully saturated rings. The second-order valence-electron chi connectivity index (χ2n) is 5.20. The first-order valence-corrected chi connectivity index (χ1v) is 5.97. The van der Waals surface area contributed by atoms with Gasteiger partial charge in [0.05, 0.1) is 6.07 Å². The zero-order valence-corrected chi connectivity index (χ0v) is 9.46. The van der Waals surface area contributed by atoms with E-state index in [4.69, 9.17) is 10.4 Å². The Bertz CT molecular complexity index is 324. The van der Waals surface area contributed by atoms with Crippen LogP contribution in [0.4, 0.5) is 0 Å². The molecular weight excluding hydrogens is 204 g/mol. The van der Waals surface area contributed by atoms with E-state index in [1.165, 1.54) is 0 Å². The molecule has 4 heteroatoms. The summed E-state index contributed by atoms with van der Waals surface area (Å²) in [4.78, 5) is 11.9. The fraction of sp³-hybridized carbons (Fsp3) is 0.833. The van der Waals surface area contributed by atoms with Crippen molar-refractivity contribution < 1.29 is 9.90 Å². The lowest BCUT2D eigenvalue weighted by molar-refractivity contribution is -0.132. The van der Waals surface area contributed by atoms with E-state index in [0.717, 1.165) is 25.7 Å². The third kappa shape index (κ3) is 1.92. The minimum atomic E-state index is -0.741. The average Bonchev–Trinajstić information content (AvgIpc) is 2.95. The lowest BCUT2D eigenvalue weighted by Gasteiger charge is -2.33. The molecule has 2 N–H and O–H groups in total. The smallest absolute Gasteiger partial charge is 0.240 e. The minimum absolute atomic E-state index is 0.106. The number of amides is 1. The molecule has 4 nitrogen and oxygen atoms in total. The van der Waals surface area contributed by atoms with Crippen molar-refractivity contribution in [3.8, 4) is 6.07 Å². The summed E-state index contributed by atoms with van der Waals surface area (Å²) in [5.74, 6) is -0.106. The number of nitriles is 1. The number of carbonyl (C=O) groups is 1. The van der Waals surface area contributed by atoms with Crippen molar-refractivity contribution in [2.75, 3.05) is 13.2 Å². The molecule has 0 saturated heterocycles. The number of hydrogen-bond donors (Lipinski definition) is 2. The van der Waals surface area contributed by atoms with Crippen molar-refractivity contribution in [1.29, 1.82) is 5.26 Å². The molecule has 2 aliphatic carbocycles. The Balaban J connectivity index is 1.82. The van der Waals surface area contributed by atoms with Gasteiger partial charge in [0.25, 0.3) is 0 Å². The molecule has 0 unspecified atom stereocenters. The molecular formula is C12H18N2O2. The number of carbonyl (C=O) groups excluding carboxylic acids is 1. The van der Waals surface area contributed by atoms with Gasteiger partial charge >= 0.3 is 0 Å². The van der Waals surface area contributed by atoms with Crippen LogP contribution >= 0.6 is 0 Å². The highest BCUT2D eigenvalue weighted by molar-refractivity contribution is 5.86. The predicted molar refractivity (Wildman–Crippen MR) is 58.3 cm³/mol. The monoisotopic (exact) mass is 222 g/mol. The van der Waals surface area contributed by atoms with Gasteiger partial charge in [-0.1, -0.05) is 0 Å². The maximum absolute atomic E-state index is 11.9. The molecule has 0 aromatic rings. The number of aliphatic hydroxyl groups excluding tert-OH is 1. The van der Waals surface area contributed by atoms with E-state index in [1.807, 2.05) is 0 Å². The normalized spacial score (nSPS) is 24.0. The van der Waals surface area contributed by atoms with Crippen molar-refractivity contribution in [2.45, 2.75) is 38.5 Å². The van der Waals surface area contributed by atoms with Gasteiger partial charge in [-0.05, 0) is 43.9 Å². The fourth-order valence-corrected chi connectivity index (χ4v) is 2.29. The van der Waals surface area contributed by atoms with Crippen LogP contribution in [0.15, 0.2) is 0 Å². The number of hydrogen-bond acceptors (Lipinski definition) is 3. The number of rotatable bonds is 5. The second-order valence-corrected chi connectivity index (χ2v) is 5.20. The van der Waals surface area contributed by atoms with Crippen LogP contribution in [0.3, 0.4) is 0 Å². The van der Waals surface area contributed by atoms with E-state index in [0.29, 0.717) is 19.4 Å². The zero-order chi connectivity index (χ0) is 11.6. The van der Waals surface area contributed by atoms with Gasteiger partial charge in [-0.2, -0.15) is 5.26 Å². The summed E-state index contributed by atoms with van der Waals surface area (Å²) >= 11 is 0. The molecule has 0 bridgehead atoms.